The Kier molecular flexibility index (Phi) is 8.25. The molecule has 0 aliphatic carbocycles. The summed E-state index contributed by atoms with van der Waals surface area (Å²) < 4.78 is 5.53. The Morgan fingerprint density at radius 2 is 2.00 bits per heavy atom. The van der Waals surface area contributed by atoms with E-state index < -0.39 is 0 Å². The number of nitrogens with two attached hydrogens (primary N) is 1. The molecule has 0 atom stereocenters. The molecular formula is C28H34ClN9O3. The number of H-pyrrole nitrogens is 1. The van der Waals surface area contributed by atoms with Gasteiger partial charge in [-0.3, -0.25) is 24.4 Å². The SMILES string of the molecule is COc1c(C)cnc(CN2C(=O)C(=Cc3cc(C(=O)NCCN4CCN(C)CC4)c[nH]3)c3c(Cl)nc(N)nc32)c1C. The van der Waals surface area contributed by atoms with Gasteiger partial charge in [0.15, 0.2) is 5.82 Å². The number of fused-ring (bicyclic) bond motifs is 1. The number of piperazine rings is 1. The molecule has 0 radical (unpaired) electrons. The first-order valence-electron chi connectivity index (χ1n) is 13.4. The zero-order valence-electron chi connectivity index (χ0n) is 23.6. The second kappa shape index (κ2) is 11.9. The van der Waals surface area contributed by atoms with Gasteiger partial charge in [0.2, 0.25) is 5.95 Å². The van der Waals surface area contributed by atoms with E-state index in [4.69, 9.17) is 22.1 Å². The summed E-state index contributed by atoms with van der Waals surface area (Å²) in [7, 11) is 3.71. The number of carbonyl (C=O) groups is 2. The quantitative estimate of drug-likeness (QED) is 0.270. The van der Waals surface area contributed by atoms with Crippen LogP contribution in [0.4, 0.5) is 11.8 Å². The summed E-state index contributed by atoms with van der Waals surface area (Å²) in [5.74, 6) is 0.431. The molecule has 1 saturated heterocycles. The highest BCUT2D eigenvalue weighted by molar-refractivity contribution is 6.41. The fourth-order valence-electron chi connectivity index (χ4n) is 5.16. The molecule has 5 rings (SSSR count). The number of rotatable bonds is 8. The number of aromatic nitrogens is 4. The lowest BCUT2D eigenvalue weighted by molar-refractivity contribution is -0.113. The second-order valence-corrected chi connectivity index (χ2v) is 10.7. The van der Waals surface area contributed by atoms with Crippen molar-refractivity contribution in [2.45, 2.75) is 20.4 Å². The molecule has 0 aromatic carbocycles. The van der Waals surface area contributed by atoms with E-state index in [0.29, 0.717) is 40.6 Å². The van der Waals surface area contributed by atoms with Crippen LogP contribution in [0.25, 0.3) is 11.6 Å². The number of pyridine rings is 1. The molecule has 3 aromatic heterocycles. The van der Waals surface area contributed by atoms with Gasteiger partial charge in [0, 0.05) is 68.5 Å². The molecule has 5 heterocycles. The number of aryl methyl sites for hydroxylation is 1. The first-order chi connectivity index (χ1) is 19.7. The zero-order valence-corrected chi connectivity index (χ0v) is 24.4. The standard InChI is InChI=1S/C28H34ClN9O3/c1-16-13-33-21(17(2)23(16)41-4)15-38-25-22(24(29)34-28(30)35-25)20(27(38)40)12-19-11-18(14-32-19)26(39)31-5-6-37-9-7-36(3)8-10-37/h11-14,32H,5-10,15H2,1-4H3,(H,31,39)(H2,30,34,35). The average Bonchev–Trinajstić information content (AvgIpc) is 3.50. The third-order valence-electron chi connectivity index (χ3n) is 7.50. The van der Waals surface area contributed by atoms with Crippen molar-refractivity contribution >= 4 is 46.8 Å². The third-order valence-corrected chi connectivity index (χ3v) is 7.77. The Bertz CT molecular complexity index is 1510. The number of ether oxygens (including phenoxy) is 1. The summed E-state index contributed by atoms with van der Waals surface area (Å²) in [5, 5.41) is 3.04. The lowest BCUT2D eigenvalue weighted by atomic mass is 10.1. The van der Waals surface area contributed by atoms with E-state index in [0.717, 1.165) is 43.9 Å². The number of nitrogens with one attached hydrogen (secondary N) is 2. The highest BCUT2D eigenvalue weighted by atomic mass is 35.5. The van der Waals surface area contributed by atoms with Crippen LogP contribution in [0.15, 0.2) is 18.5 Å². The number of methoxy groups -OCH3 is 1. The molecular weight excluding hydrogens is 546 g/mol. The molecule has 1 fully saturated rings. The molecule has 13 heteroatoms. The summed E-state index contributed by atoms with van der Waals surface area (Å²) in [6.45, 7) is 9.32. The van der Waals surface area contributed by atoms with Gasteiger partial charge >= 0.3 is 0 Å². The van der Waals surface area contributed by atoms with Crippen LogP contribution in [0.1, 0.15) is 38.4 Å². The summed E-state index contributed by atoms with van der Waals surface area (Å²) in [6.07, 6.45) is 4.96. The van der Waals surface area contributed by atoms with Crippen LogP contribution in [0.2, 0.25) is 5.15 Å². The fraction of sp³-hybridized carbons (Fsp3) is 0.393. The molecule has 0 unspecified atom stereocenters. The number of hydrogen-bond acceptors (Lipinski definition) is 9. The zero-order chi connectivity index (χ0) is 29.3. The number of halogens is 1. The van der Waals surface area contributed by atoms with Gasteiger partial charge in [-0.1, -0.05) is 11.6 Å². The van der Waals surface area contributed by atoms with E-state index in [-0.39, 0.29) is 35.0 Å². The molecule has 0 saturated carbocycles. The molecule has 41 heavy (non-hydrogen) atoms. The number of likely N-dealkylation sites (N-methyl/N-ethyl adjacent to an activating group) is 1. The monoisotopic (exact) mass is 579 g/mol. The minimum atomic E-state index is -0.338. The molecule has 0 bridgehead atoms. The maximum atomic E-state index is 13.8. The maximum Gasteiger partial charge on any atom is 0.260 e. The number of anilines is 2. The molecule has 4 N–H and O–H groups in total. The molecule has 2 aliphatic heterocycles. The van der Waals surface area contributed by atoms with Gasteiger partial charge in [-0.15, -0.1) is 0 Å². The minimum Gasteiger partial charge on any atom is -0.496 e. The van der Waals surface area contributed by atoms with Crippen molar-refractivity contribution < 1.29 is 14.3 Å². The molecule has 3 aromatic rings. The topological polar surface area (TPSA) is 146 Å². The normalized spacial score (nSPS) is 16.9. The largest absolute Gasteiger partial charge is 0.496 e. The van der Waals surface area contributed by atoms with E-state index in [9.17, 15) is 9.59 Å². The molecule has 0 spiro atoms. The average molecular weight is 580 g/mol. The number of hydrogen-bond donors (Lipinski definition) is 3. The first kappa shape index (κ1) is 28.5. The van der Waals surface area contributed by atoms with Crippen LogP contribution in [0.3, 0.4) is 0 Å². The van der Waals surface area contributed by atoms with Crippen molar-refractivity contribution in [1.82, 2.24) is 35.1 Å². The van der Waals surface area contributed by atoms with E-state index in [1.54, 1.807) is 31.6 Å². The third kappa shape index (κ3) is 5.90. The fourth-order valence-corrected chi connectivity index (χ4v) is 5.43. The Labute approximate surface area is 243 Å². The Morgan fingerprint density at radius 1 is 1.24 bits per heavy atom. The van der Waals surface area contributed by atoms with Gasteiger partial charge < -0.3 is 25.7 Å². The Hall–Kier alpha value is -4.00. The minimum absolute atomic E-state index is 0.0469. The van der Waals surface area contributed by atoms with Crippen LogP contribution in [-0.2, 0) is 11.3 Å². The summed E-state index contributed by atoms with van der Waals surface area (Å²) in [5.41, 5.74) is 9.94. The summed E-state index contributed by atoms with van der Waals surface area (Å²) in [4.78, 5) is 48.7. The number of nitrogens with zero attached hydrogens (tertiary/aromatic N) is 6. The van der Waals surface area contributed by atoms with Gasteiger partial charge in [0.05, 0.1) is 36.0 Å². The van der Waals surface area contributed by atoms with Crippen LogP contribution >= 0.6 is 11.6 Å². The highest BCUT2D eigenvalue weighted by Crippen LogP contribution is 2.41. The van der Waals surface area contributed by atoms with Crippen LogP contribution in [0.5, 0.6) is 5.75 Å². The van der Waals surface area contributed by atoms with Crippen molar-refractivity contribution in [2.75, 3.05) is 64.1 Å². The molecule has 2 aliphatic rings. The number of amides is 2. The smallest absolute Gasteiger partial charge is 0.260 e. The number of aromatic amines is 1. The van der Waals surface area contributed by atoms with Gasteiger partial charge in [0.25, 0.3) is 11.8 Å². The van der Waals surface area contributed by atoms with Crippen LogP contribution in [-0.4, -0.2) is 95.0 Å². The van der Waals surface area contributed by atoms with Gasteiger partial charge in [0.1, 0.15) is 10.9 Å². The van der Waals surface area contributed by atoms with Crippen molar-refractivity contribution in [3.63, 3.8) is 0 Å². The predicted octanol–water partition coefficient (Wildman–Crippen LogP) is 2.13. The van der Waals surface area contributed by atoms with E-state index in [1.165, 1.54) is 4.90 Å². The van der Waals surface area contributed by atoms with Crippen molar-refractivity contribution in [3.05, 3.63) is 57.3 Å². The van der Waals surface area contributed by atoms with Crippen molar-refractivity contribution in [2.24, 2.45) is 0 Å². The number of carbonyl (C=O) groups excluding carboxylic acids is 2. The van der Waals surface area contributed by atoms with Crippen LogP contribution < -0.4 is 20.7 Å². The summed E-state index contributed by atoms with van der Waals surface area (Å²) in [6, 6.07) is 1.69. The maximum absolute atomic E-state index is 13.8. The van der Waals surface area contributed by atoms with Gasteiger partial charge in [-0.25, -0.2) is 4.98 Å². The van der Waals surface area contributed by atoms with Crippen molar-refractivity contribution in [1.29, 1.82) is 0 Å². The lowest BCUT2D eigenvalue weighted by Crippen LogP contribution is -2.46. The molecule has 2 amide bonds. The Balaban J connectivity index is 1.36. The van der Waals surface area contributed by atoms with E-state index >= 15 is 0 Å². The van der Waals surface area contributed by atoms with E-state index in [1.807, 2.05) is 13.8 Å². The second-order valence-electron chi connectivity index (χ2n) is 10.3. The number of nitrogen functional groups attached to an aromatic ring is 1. The highest BCUT2D eigenvalue weighted by Gasteiger charge is 2.37. The van der Waals surface area contributed by atoms with Gasteiger partial charge in [-0.2, -0.15) is 4.98 Å². The predicted molar refractivity (Wildman–Crippen MR) is 158 cm³/mol. The Morgan fingerprint density at radius 3 is 2.73 bits per heavy atom. The molecule has 216 valence electrons. The summed E-state index contributed by atoms with van der Waals surface area (Å²) >= 11 is 6.49. The van der Waals surface area contributed by atoms with Gasteiger partial charge in [-0.05, 0) is 33.0 Å². The lowest BCUT2D eigenvalue weighted by Gasteiger charge is -2.32. The molecule has 12 nitrogen and oxygen atoms in total. The first-order valence-corrected chi connectivity index (χ1v) is 13.8. The van der Waals surface area contributed by atoms with Crippen molar-refractivity contribution in [3.8, 4) is 5.75 Å². The van der Waals surface area contributed by atoms with Crippen LogP contribution in [0, 0.1) is 13.8 Å². The van der Waals surface area contributed by atoms with E-state index in [2.05, 4.69) is 42.1 Å².